The molecule has 0 saturated heterocycles. The number of benzene rings is 1. The number of carbonyl (C=O) groups is 1. The van der Waals surface area contributed by atoms with Crippen LogP contribution < -0.4 is 10.1 Å². The Balaban J connectivity index is 1.95. The van der Waals surface area contributed by atoms with Gasteiger partial charge < -0.3 is 14.8 Å². The molecule has 1 unspecified atom stereocenters. The number of thiocarbonyl (C=S) groups is 1. The van der Waals surface area contributed by atoms with Gasteiger partial charge in [0.05, 0.1) is 19.8 Å². The third-order valence-electron chi connectivity index (χ3n) is 7.44. The average molecular weight is 531 g/mol. The van der Waals surface area contributed by atoms with Crippen molar-refractivity contribution < 1.29 is 14.3 Å². The number of rotatable bonds is 17. The van der Waals surface area contributed by atoms with Gasteiger partial charge in [-0.15, -0.1) is 0 Å². The van der Waals surface area contributed by atoms with E-state index >= 15 is 0 Å². The lowest BCUT2D eigenvalue weighted by Gasteiger charge is -2.38. The molecule has 0 saturated carbocycles. The van der Waals surface area contributed by atoms with Gasteiger partial charge in [-0.05, 0) is 63.0 Å². The maximum atomic E-state index is 13.0. The molecule has 5 nitrogen and oxygen atoms in total. The minimum absolute atomic E-state index is 0.296. The number of allylic oxidation sites excluding steroid dienone is 1. The number of nitrogens with zero attached hydrogens (tertiary/aromatic N) is 1. The number of hydrogen-bond acceptors (Lipinski definition) is 4. The Bertz CT molecular complexity index is 883. The molecule has 0 radical (unpaired) electrons. The van der Waals surface area contributed by atoms with Crippen LogP contribution in [0.15, 0.2) is 29.5 Å². The topological polar surface area (TPSA) is 50.8 Å². The number of amides is 1. The Morgan fingerprint density at radius 1 is 0.919 bits per heavy atom. The van der Waals surface area contributed by atoms with E-state index in [0.717, 1.165) is 35.4 Å². The molecule has 0 aliphatic carbocycles. The number of ether oxygens (including phenoxy) is 2. The lowest BCUT2D eigenvalue weighted by atomic mass is 9.89. The second kappa shape index (κ2) is 17.4. The quantitative estimate of drug-likeness (QED) is 0.161. The second-order valence-corrected chi connectivity index (χ2v) is 10.6. The maximum absolute atomic E-state index is 13.0. The van der Waals surface area contributed by atoms with Crippen molar-refractivity contribution in [3.05, 3.63) is 40.6 Å². The summed E-state index contributed by atoms with van der Waals surface area (Å²) in [5.41, 5.74) is 4.22. The Labute approximate surface area is 231 Å². The Morgan fingerprint density at radius 2 is 1.49 bits per heavy atom. The van der Waals surface area contributed by atoms with Gasteiger partial charge in [-0.3, -0.25) is 0 Å². The highest BCUT2D eigenvalue weighted by Crippen LogP contribution is 2.41. The minimum atomic E-state index is -0.435. The number of carbonyl (C=O) groups excluding carboxylic acids is 1. The summed E-state index contributed by atoms with van der Waals surface area (Å²) in [7, 11) is 1.69. The van der Waals surface area contributed by atoms with Crippen LogP contribution in [-0.4, -0.2) is 29.8 Å². The van der Waals surface area contributed by atoms with E-state index in [9.17, 15) is 4.79 Å². The lowest BCUT2D eigenvalue weighted by Crippen LogP contribution is -2.50. The van der Waals surface area contributed by atoms with Gasteiger partial charge in [-0.25, -0.2) is 9.69 Å². The Morgan fingerprint density at radius 3 is 2.03 bits per heavy atom. The number of unbranched alkanes of at least 4 members (excludes halogenated alkanes) is 12. The third kappa shape index (κ3) is 9.63. The van der Waals surface area contributed by atoms with Crippen molar-refractivity contribution in [1.82, 2.24) is 10.2 Å². The molecule has 1 aromatic carbocycles. The lowest BCUT2D eigenvalue weighted by molar-refractivity contribution is 0.119. The molecule has 0 aromatic heterocycles. The summed E-state index contributed by atoms with van der Waals surface area (Å²) in [6, 6.07) is 5.83. The van der Waals surface area contributed by atoms with Crippen LogP contribution in [0.2, 0.25) is 0 Å². The van der Waals surface area contributed by atoms with Gasteiger partial charge in [0.2, 0.25) is 0 Å². The molecule has 1 aliphatic rings. The zero-order chi connectivity index (χ0) is 27.0. The van der Waals surface area contributed by atoms with E-state index in [-0.39, 0.29) is 6.04 Å². The van der Waals surface area contributed by atoms with Crippen LogP contribution in [-0.2, 0) is 11.2 Å². The molecule has 1 aromatic rings. The first-order valence-corrected chi connectivity index (χ1v) is 15.0. The fraction of sp³-hybridized carbons (Fsp3) is 0.677. The minimum Gasteiger partial charge on any atom is -0.496 e. The van der Waals surface area contributed by atoms with E-state index in [1.807, 2.05) is 32.9 Å². The summed E-state index contributed by atoms with van der Waals surface area (Å²) in [4.78, 5) is 14.5. The molecule has 0 spiro atoms. The van der Waals surface area contributed by atoms with E-state index < -0.39 is 6.09 Å². The molecule has 1 amide bonds. The number of methoxy groups -OCH3 is 1. The number of nitrogens with one attached hydrogen (secondary N) is 1. The summed E-state index contributed by atoms with van der Waals surface area (Å²) in [6.45, 7) is 8.42. The van der Waals surface area contributed by atoms with E-state index in [1.54, 1.807) is 12.0 Å². The van der Waals surface area contributed by atoms with Crippen molar-refractivity contribution in [1.29, 1.82) is 0 Å². The fourth-order valence-electron chi connectivity index (χ4n) is 5.19. The molecular weight excluding hydrogens is 480 g/mol. The molecule has 1 aliphatic heterocycles. The summed E-state index contributed by atoms with van der Waals surface area (Å²) in [6.07, 6.45) is 17.9. The molecule has 6 heteroatoms. The Hall–Kier alpha value is -2.08. The first-order valence-electron chi connectivity index (χ1n) is 14.6. The number of hydrogen-bond donors (Lipinski definition) is 1. The van der Waals surface area contributed by atoms with Gasteiger partial charge in [-0.2, -0.15) is 0 Å². The SMILES string of the molecule is CCCCCCCCCCCCCCCc1cccc(OC)c1C1C(C)=C(C)NC(=S)N1C(=O)OCC. The number of aryl methyl sites for hydroxylation is 1. The normalized spacial score (nSPS) is 15.6. The summed E-state index contributed by atoms with van der Waals surface area (Å²) in [5.74, 6) is 0.781. The van der Waals surface area contributed by atoms with Gasteiger partial charge in [0, 0.05) is 11.3 Å². The van der Waals surface area contributed by atoms with E-state index in [4.69, 9.17) is 21.7 Å². The summed E-state index contributed by atoms with van der Waals surface area (Å²) >= 11 is 5.58. The van der Waals surface area contributed by atoms with Crippen molar-refractivity contribution in [3.8, 4) is 5.75 Å². The molecule has 1 N–H and O–H groups in total. The fourth-order valence-corrected chi connectivity index (χ4v) is 5.52. The molecule has 1 atom stereocenters. The molecule has 2 rings (SSSR count). The van der Waals surface area contributed by atoms with Crippen LogP contribution in [0.3, 0.4) is 0 Å². The smallest absolute Gasteiger partial charge is 0.416 e. The van der Waals surface area contributed by atoms with Crippen LogP contribution >= 0.6 is 12.2 Å². The predicted molar refractivity (Wildman–Crippen MR) is 158 cm³/mol. The van der Waals surface area contributed by atoms with Crippen molar-refractivity contribution in [2.75, 3.05) is 13.7 Å². The average Bonchev–Trinajstić information content (AvgIpc) is 2.88. The van der Waals surface area contributed by atoms with Crippen LogP contribution in [0.5, 0.6) is 5.75 Å². The van der Waals surface area contributed by atoms with Crippen LogP contribution in [0.25, 0.3) is 0 Å². The van der Waals surface area contributed by atoms with Crippen molar-refractivity contribution >= 4 is 23.4 Å². The highest BCUT2D eigenvalue weighted by atomic mass is 32.1. The highest BCUT2D eigenvalue weighted by Gasteiger charge is 2.38. The van der Waals surface area contributed by atoms with Gasteiger partial charge in [0.1, 0.15) is 5.75 Å². The maximum Gasteiger partial charge on any atom is 0.416 e. The predicted octanol–water partition coefficient (Wildman–Crippen LogP) is 9.01. The largest absolute Gasteiger partial charge is 0.496 e. The third-order valence-corrected chi connectivity index (χ3v) is 7.74. The van der Waals surface area contributed by atoms with Gasteiger partial charge in [-0.1, -0.05) is 96.1 Å². The van der Waals surface area contributed by atoms with Crippen LogP contribution in [0, 0.1) is 0 Å². The highest BCUT2D eigenvalue weighted by molar-refractivity contribution is 7.80. The first-order chi connectivity index (χ1) is 18.0. The first kappa shape index (κ1) is 31.1. The molecule has 37 heavy (non-hydrogen) atoms. The van der Waals surface area contributed by atoms with Gasteiger partial charge in [0.25, 0.3) is 0 Å². The molecule has 208 valence electrons. The monoisotopic (exact) mass is 530 g/mol. The van der Waals surface area contributed by atoms with E-state index in [1.165, 1.54) is 82.6 Å². The molecule has 1 heterocycles. The summed E-state index contributed by atoms with van der Waals surface area (Å²) < 4.78 is 11.2. The van der Waals surface area contributed by atoms with E-state index in [2.05, 4.69) is 18.3 Å². The van der Waals surface area contributed by atoms with Gasteiger partial charge >= 0.3 is 6.09 Å². The molecule has 0 fully saturated rings. The Kier molecular flexibility index (Phi) is 14.7. The second-order valence-electron chi connectivity index (χ2n) is 10.2. The van der Waals surface area contributed by atoms with Crippen LogP contribution in [0.1, 0.15) is 128 Å². The standard InChI is InChI=1S/C31H50N2O3S/c1-6-8-9-10-11-12-13-14-15-16-17-18-19-21-26-22-20-23-27(35-5)28(26)29-24(3)25(4)32-30(37)33(29)31(34)36-7-2/h20,22-23,29H,6-19,21H2,1-5H3,(H,32,37). The zero-order valence-corrected chi connectivity index (χ0v) is 24.8. The van der Waals surface area contributed by atoms with E-state index in [0.29, 0.717) is 11.7 Å². The summed E-state index contributed by atoms with van der Waals surface area (Å²) in [5, 5.41) is 3.53. The molecule has 0 bridgehead atoms. The zero-order valence-electron chi connectivity index (χ0n) is 24.0. The molecular formula is C31H50N2O3S. The van der Waals surface area contributed by atoms with Crippen molar-refractivity contribution in [3.63, 3.8) is 0 Å². The van der Waals surface area contributed by atoms with Gasteiger partial charge in [0.15, 0.2) is 5.11 Å². The van der Waals surface area contributed by atoms with Crippen LogP contribution in [0.4, 0.5) is 4.79 Å². The van der Waals surface area contributed by atoms with Crippen molar-refractivity contribution in [2.24, 2.45) is 0 Å². The van der Waals surface area contributed by atoms with Crippen molar-refractivity contribution in [2.45, 2.75) is 124 Å².